The summed E-state index contributed by atoms with van der Waals surface area (Å²) in [5, 5.41) is 2.58. The summed E-state index contributed by atoms with van der Waals surface area (Å²) in [5.41, 5.74) is 4.98. The van der Waals surface area contributed by atoms with Crippen LogP contribution in [-0.2, 0) is 5.75 Å². The fraction of sp³-hybridized carbons (Fsp3) is 0.100. The Hall–Kier alpha value is -3.94. The van der Waals surface area contributed by atoms with E-state index in [4.69, 9.17) is 14.7 Å². The predicted molar refractivity (Wildman–Crippen MR) is 154 cm³/mol. The molecular weight excluding hydrogens is 498 g/mol. The van der Waals surface area contributed by atoms with Crippen LogP contribution in [0.5, 0.6) is 5.75 Å². The molecule has 0 aliphatic rings. The van der Waals surface area contributed by atoms with E-state index < -0.39 is 0 Å². The minimum atomic E-state index is -0.106. The van der Waals surface area contributed by atoms with Crippen molar-refractivity contribution in [2.45, 2.75) is 17.7 Å². The first-order chi connectivity index (χ1) is 18.1. The van der Waals surface area contributed by atoms with E-state index in [0.29, 0.717) is 17.0 Å². The molecule has 0 saturated carbocycles. The maximum atomic E-state index is 13.2. The Labute approximate surface area is 222 Å². The number of rotatable bonds is 6. The lowest BCUT2D eigenvalue weighted by Gasteiger charge is -2.11. The number of fused-ring (bicyclic) bond motifs is 2. The average molecular weight is 522 g/mol. The van der Waals surface area contributed by atoms with Gasteiger partial charge in [0, 0.05) is 21.9 Å². The predicted octanol–water partition coefficient (Wildman–Crippen LogP) is 7.48. The second-order valence-electron chi connectivity index (χ2n) is 8.64. The summed E-state index contributed by atoms with van der Waals surface area (Å²) in [5.74, 6) is 1.90. The maximum absolute atomic E-state index is 13.2. The lowest BCUT2D eigenvalue weighted by molar-refractivity contribution is 0.415. The van der Waals surface area contributed by atoms with Crippen molar-refractivity contribution in [3.05, 3.63) is 106 Å². The zero-order valence-corrected chi connectivity index (χ0v) is 22.0. The lowest BCUT2D eigenvalue weighted by Crippen LogP contribution is -2.10. The molecule has 0 radical (unpaired) electrons. The number of thiophene rings is 1. The number of H-pyrrole nitrogens is 1. The number of benzene rings is 3. The number of nitrogens with one attached hydrogen (secondary N) is 1. The van der Waals surface area contributed by atoms with Crippen molar-refractivity contribution in [1.82, 2.24) is 15.0 Å². The molecule has 1 N–H and O–H groups in total. The van der Waals surface area contributed by atoms with Crippen LogP contribution in [0.1, 0.15) is 10.7 Å². The van der Waals surface area contributed by atoms with Crippen LogP contribution in [0.2, 0.25) is 0 Å². The van der Waals surface area contributed by atoms with Gasteiger partial charge in [-0.2, -0.15) is 0 Å². The maximum Gasteiger partial charge on any atom is 0.260 e. The first kappa shape index (κ1) is 23.5. The molecule has 0 amide bonds. The molecule has 182 valence electrons. The molecule has 37 heavy (non-hydrogen) atoms. The minimum Gasteiger partial charge on any atom is -0.497 e. The number of thioether (sulfide) groups is 1. The fourth-order valence-corrected chi connectivity index (χ4v) is 6.42. The zero-order chi connectivity index (χ0) is 25.4. The van der Waals surface area contributed by atoms with Crippen molar-refractivity contribution in [1.29, 1.82) is 0 Å². The molecule has 0 unspecified atom stereocenters. The highest BCUT2D eigenvalue weighted by molar-refractivity contribution is 7.98. The molecule has 7 heteroatoms. The number of nitrogens with zero attached hydrogens (tertiary/aromatic N) is 2. The first-order valence-corrected chi connectivity index (χ1v) is 13.7. The number of pyridine rings is 1. The van der Waals surface area contributed by atoms with Gasteiger partial charge < -0.3 is 9.72 Å². The van der Waals surface area contributed by atoms with Gasteiger partial charge in [-0.25, -0.2) is 9.97 Å². The van der Waals surface area contributed by atoms with Gasteiger partial charge >= 0.3 is 0 Å². The fourth-order valence-electron chi connectivity index (χ4n) is 4.57. The van der Waals surface area contributed by atoms with E-state index in [-0.39, 0.29) is 5.56 Å². The second-order valence-corrected chi connectivity index (χ2v) is 10.8. The standard InChI is InChI=1S/C30H23N3O2S2/c1-18-27(20-11-7-4-8-12-20)28-29(34)32-25(33-30(28)37-18)17-36-26-16-23(19-9-5-3-6-10-19)22-14-13-21(35-2)15-24(22)31-26/h3-16H,17H2,1-2H3,(H,32,33,34). The Kier molecular flexibility index (Phi) is 6.24. The summed E-state index contributed by atoms with van der Waals surface area (Å²) < 4.78 is 5.44. The summed E-state index contributed by atoms with van der Waals surface area (Å²) >= 11 is 3.11. The van der Waals surface area contributed by atoms with Crippen LogP contribution in [0.3, 0.4) is 0 Å². The Morgan fingerprint density at radius 2 is 1.65 bits per heavy atom. The third kappa shape index (κ3) is 4.52. The Balaban J connectivity index is 1.37. The van der Waals surface area contributed by atoms with E-state index in [1.807, 2.05) is 73.7 Å². The number of aryl methyl sites for hydroxylation is 1. The molecular formula is C30H23N3O2S2. The lowest BCUT2D eigenvalue weighted by atomic mass is 10.0. The number of aromatic nitrogens is 3. The molecule has 5 nitrogen and oxygen atoms in total. The molecule has 0 aliphatic carbocycles. The molecule has 0 atom stereocenters. The van der Waals surface area contributed by atoms with Crippen LogP contribution >= 0.6 is 23.1 Å². The van der Waals surface area contributed by atoms with E-state index in [2.05, 4.69) is 23.2 Å². The van der Waals surface area contributed by atoms with Gasteiger partial charge in [-0.1, -0.05) is 72.4 Å². The largest absolute Gasteiger partial charge is 0.497 e. The Morgan fingerprint density at radius 3 is 2.38 bits per heavy atom. The molecule has 0 spiro atoms. The van der Waals surface area contributed by atoms with Gasteiger partial charge in [-0.15, -0.1) is 11.3 Å². The Bertz CT molecular complexity index is 1800. The average Bonchev–Trinajstić information content (AvgIpc) is 3.28. The molecule has 3 aromatic heterocycles. The summed E-state index contributed by atoms with van der Waals surface area (Å²) in [7, 11) is 1.66. The first-order valence-electron chi connectivity index (χ1n) is 11.9. The van der Waals surface area contributed by atoms with Gasteiger partial charge in [0.15, 0.2) is 0 Å². The number of hydrogen-bond acceptors (Lipinski definition) is 6. The van der Waals surface area contributed by atoms with Gasteiger partial charge in [0.2, 0.25) is 0 Å². The van der Waals surface area contributed by atoms with E-state index >= 15 is 0 Å². The number of ether oxygens (including phenoxy) is 1. The van der Waals surface area contributed by atoms with Crippen LogP contribution in [0.4, 0.5) is 0 Å². The van der Waals surface area contributed by atoms with Gasteiger partial charge in [0.05, 0.1) is 28.8 Å². The van der Waals surface area contributed by atoms with Crippen molar-refractivity contribution < 1.29 is 4.74 Å². The summed E-state index contributed by atoms with van der Waals surface area (Å²) in [4.78, 5) is 27.8. The van der Waals surface area contributed by atoms with Crippen LogP contribution in [0.15, 0.2) is 94.7 Å². The topological polar surface area (TPSA) is 67.9 Å². The van der Waals surface area contributed by atoms with Crippen LogP contribution < -0.4 is 10.3 Å². The van der Waals surface area contributed by atoms with Crippen LogP contribution in [-0.4, -0.2) is 22.1 Å². The molecule has 3 heterocycles. The highest BCUT2D eigenvalue weighted by atomic mass is 32.2. The molecule has 3 aromatic carbocycles. The quantitative estimate of drug-likeness (QED) is 0.230. The van der Waals surface area contributed by atoms with Gasteiger partial charge in [-0.05, 0) is 41.8 Å². The molecule has 6 rings (SSSR count). The van der Waals surface area contributed by atoms with Crippen molar-refractivity contribution in [2.24, 2.45) is 0 Å². The van der Waals surface area contributed by atoms with Gasteiger partial charge in [0.25, 0.3) is 5.56 Å². The SMILES string of the molecule is COc1ccc2c(-c3ccccc3)cc(SCc3nc4sc(C)c(-c5ccccc5)c4c(=O)[nH]3)nc2c1. The van der Waals surface area contributed by atoms with Gasteiger partial charge in [-0.3, -0.25) is 4.79 Å². The van der Waals surface area contributed by atoms with Crippen LogP contribution in [0, 0.1) is 6.92 Å². The number of aromatic amines is 1. The highest BCUT2D eigenvalue weighted by Gasteiger charge is 2.17. The third-order valence-corrected chi connectivity index (χ3v) is 8.21. The monoisotopic (exact) mass is 521 g/mol. The second kappa shape index (κ2) is 9.84. The Morgan fingerprint density at radius 1 is 0.919 bits per heavy atom. The smallest absolute Gasteiger partial charge is 0.260 e. The van der Waals surface area contributed by atoms with Crippen molar-refractivity contribution in [3.8, 4) is 28.0 Å². The van der Waals surface area contributed by atoms with Gasteiger partial charge in [0.1, 0.15) is 16.4 Å². The molecule has 0 fully saturated rings. The minimum absolute atomic E-state index is 0.106. The van der Waals surface area contributed by atoms with E-state index in [0.717, 1.165) is 53.6 Å². The van der Waals surface area contributed by atoms with E-state index in [9.17, 15) is 4.79 Å². The summed E-state index contributed by atoms with van der Waals surface area (Å²) in [6.07, 6.45) is 0. The van der Waals surface area contributed by atoms with Crippen molar-refractivity contribution in [2.75, 3.05) is 7.11 Å². The number of hydrogen-bond donors (Lipinski definition) is 1. The highest BCUT2D eigenvalue weighted by Crippen LogP contribution is 2.37. The van der Waals surface area contributed by atoms with Crippen LogP contribution in [0.25, 0.3) is 43.4 Å². The molecule has 6 aromatic rings. The third-order valence-electron chi connectivity index (χ3n) is 6.28. The van der Waals surface area contributed by atoms with Crippen molar-refractivity contribution >= 4 is 44.2 Å². The summed E-state index contributed by atoms with van der Waals surface area (Å²) in [6.45, 7) is 2.04. The number of methoxy groups -OCH3 is 1. The summed E-state index contributed by atoms with van der Waals surface area (Å²) in [6, 6.07) is 28.4. The van der Waals surface area contributed by atoms with E-state index in [1.165, 1.54) is 0 Å². The van der Waals surface area contributed by atoms with E-state index in [1.54, 1.807) is 30.2 Å². The van der Waals surface area contributed by atoms with Crippen molar-refractivity contribution in [3.63, 3.8) is 0 Å². The normalized spacial score (nSPS) is 11.3. The molecule has 0 aliphatic heterocycles. The molecule has 0 saturated heterocycles. The molecule has 0 bridgehead atoms. The zero-order valence-electron chi connectivity index (χ0n) is 20.3.